The van der Waals surface area contributed by atoms with E-state index in [1.165, 1.54) is 11.3 Å². The highest BCUT2D eigenvalue weighted by Gasteiger charge is 2.17. The van der Waals surface area contributed by atoms with Crippen molar-refractivity contribution >= 4 is 5.69 Å². The summed E-state index contributed by atoms with van der Waals surface area (Å²) in [4.78, 5) is 2.11. The van der Waals surface area contributed by atoms with Crippen LogP contribution in [-0.4, -0.2) is 30.3 Å². The van der Waals surface area contributed by atoms with E-state index >= 15 is 0 Å². The molecule has 1 aromatic carbocycles. The van der Waals surface area contributed by atoms with Crippen molar-refractivity contribution in [3.63, 3.8) is 0 Å². The number of anilines is 1. The number of benzene rings is 1. The van der Waals surface area contributed by atoms with Crippen LogP contribution in [0.2, 0.25) is 0 Å². The fourth-order valence-electron chi connectivity index (χ4n) is 2.01. The van der Waals surface area contributed by atoms with Gasteiger partial charge in [0, 0.05) is 31.9 Å². The molecule has 0 fully saturated rings. The van der Waals surface area contributed by atoms with Crippen LogP contribution in [0.1, 0.15) is 33.3 Å². The lowest BCUT2D eigenvalue weighted by atomic mass is 10.1. The molecule has 0 aliphatic carbocycles. The zero-order chi connectivity index (χ0) is 13.8. The zero-order valence-corrected chi connectivity index (χ0v) is 12.2. The fourth-order valence-corrected chi connectivity index (χ4v) is 2.01. The van der Waals surface area contributed by atoms with Gasteiger partial charge in [0.15, 0.2) is 0 Å². The van der Waals surface area contributed by atoms with Gasteiger partial charge in [0.25, 0.3) is 0 Å². The molecule has 2 N–H and O–H groups in total. The molecule has 18 heavy (non-hydrogen) atoms. The Hall–Kier alpha value is -1.06. The molecule has 1 aromatic rings. The first-order chi connectivity index (χ1) is 8.29. The number of para-hydroxylation sites is 1. The number of hydrogen-bond acceptors (Lipinski definition) is 3. The smallest absolute Gasteiger partial charge is 0.0765 e. The summed E-state index contributed by atoms with van der Waals surface area (Å²) in [6.45, 7) is 9.42. The third-order valence-electron chi connectivity index (χ3n) is 2.73. The van der Waals surface area contributed by atoms with Crippen molar-refractivity contribution in [1.29, 1.82) is 0 Å². The summed E-state index contributed by atoms with van der Waals surface area (Å²) in [5.41, 5.74) is 1.75. The first-order valence-corrected chi connectivity index (χ1v) is 6.54. The lowest BCUT2D eigenvalue weighted by Crippen LogP contribution is -2.37. The van der Waals surface area contributed by atoms with Gasteiger partial charge in [-0.05, 0) is 25.5 Å². The summed E-state index contributed by atoms with van der Waals surface area (Å²) < 4.78 is 0. The van der Waals surface area contributed by atoms with E-state index in [9.17, 15) is 5.11 Å². The van der Waals surface area contributed by atoms with Gasteiger partial charge in [-0.1, -0.05) is 32.0 Å². The second-order valence-corrected chi connectivity index (χ2v) is 5.83. The quantitative estimate of drug-likeness (QED) is 0.814. The van der Waals surface area contributed by atoms with E-state index in [1.807, 2.05) is 27.0 Å². The summed E-state index contributed by atoms with van der Waals surface area (Å²) in [7, 11) is 2.02. The van der Waals surface area contributed by atoms with Crippen LogP contribution < -0.4 is 10.2 Å². The van der Waals surface area contributed by atoms with E-state index < -0.39 is 5.60 Å². The van der Waals surface area contributed by atoms with E-state index in [0.717, 1.165) is 6.54 Å². The molecule has 0 heterocycles. The fraction of sp³-hybridized carbons (Fsp3) is 0.600. The first-order valence-electron chi connectivity index (χ1n) is 6.54. The topological polar surface area (TPSA) is 35.5 Å². The van der Waals surface area contributed by atoms with Crippen LogP contribution in [-0.2, 0) is 6.54 Å². The monoisotopic (exact) mass is 250 g/mol. The van der Waals surface area contributed by atoms with Crippen LogP contribution in [0.5, 0.6) is 0 Å². The Kier molecular flexibility index (Phi) is 5.17. The maximum absolute atomic E-state index is 9.90. The van der Waals surface area contributed by atoms with Gasteiger partial charge in [0.05, 0.1) is 5.60 Å². The molecule has 0 saturated carbocycles. The van der Waals surface area contributed by atoms with E-state index in [0.29, 0.717) is 12.6 Å². The van der Waals surface area contributed by atoms with Crippen LogP contribution in [0.3, 0.4) is 0 Å². The van der Waals surface area contributed by atoms with Crippen molar-refractivity contribution in [2.75, 3.05) is 18.5 Å². The molecule has 102 valence electrons. The minimum absolute atomic E-state index is 0.470. The van der Waals surface area contributed by atoms with Crippen LogP contribution >= 0.6 is 0 Å². The maximum atomic E-state index is 9.90. The molecule has 0 aromatic heterocycles. The second kappa shape index (κ2) is 6.21. The molecule has 0 aliphatic rings. The SMILES string of the molecule is CC(C)NCc1ccccc1N(C)CC(C)(C)O. The molecule has 0 radical (unpaired) electrons. The number of hydrogen-bond donors (Lipinski definition) is 2. The lowest BCUT2D eigenvalue weighted by Gasteiger charge is -2.29. The van der Waals surface area contributed by atoms with Crippen LogP contribution in [0, 0.1) is 0 Å². The third kappa shape index (κ3) is 5.07. The van der Waals surface area contributed by atoms with E-state index in [2.05, 4.69) is 42.3 Å². The second-order valence-electron chi connectivity index (χ2n) is 5.83. The van der Waals surface area contributed by atoms with Crippen molar-refractivity contribution in [3.05, 3.63) is 29.8 Å². The lowest BCUT2D eigenvalue weighted by molar-refractivity contribution is 0.0886. The van der Waals surface area contributed by atoms with Crippen molar-refractivity contribution in [2.24, 2.45) is 0 Å². The Morgan fingerprint density at radius 2 is 1.89 bits per heavy atom. The molecule has 3 nitrogen and oxygen atoms in total. The standard InChI is InChI=1S/C15H26N2O/c1-12(2)16-10-13-8-6-7-9-14(13)17(5)11-15(3,4)18/h6-9,12,16,18H,10-11H2,1-5H3. The normalized spacial score (nSPS) is 11.9. The Balaban J connectivity index is 2.80. The van der Waals surface area contributed by atoms with E-state index in [-0.39, 0.29) is 0 Å². The van der Waals surface area contributed by atoms with Gasteiger partial charge in [-0.2, -0.15) is 0 Å². The maximum Gasteiger partial charge on any atom is 0.0765 e. The van der Waals surface area contributed by atoms with Crippen molar-refractivity contribution in [2.45, 2.75) is 45.9 Å². The highest BCUT2D eigenvalue weighted by molar-refractivity contribution is 5.53. The molecular formula is C15H26N2O. The minimum atomic E-state index is -0.687. The van der Waals surface area contributed by atoms with Gasteiger partial charge >= 0.3 is 0 Å². The Morgan fingerprint density at radius 1 is 1.28 bits per heavy atom. The first kappa shape index (κ1) is 15.0. The van der Waals surface area contributed by atoms with Crippen LogP contribution in [0.15, 0.2) is 24.3 Å². The highest BCUT2D eigenvalue weighted by Crippen LogP contribution is 2.21. The molecule has 0 aliphatic heterocycles. The van der Waals surface area contributed by atoms with Gasteiger partial charge in [-0.3, -0.25) is 0 Å². The average Bonchev–Trinajstić information content (AvgIpc) is 2.24. The van der Waals surface area contributed by atoms with Gasteiger partial charge < -0.3 is 15.3 Å². The Bertz CT molecular complexity index is 369. The number of aliphatic hydroxyl groups is 1. The summed E-state index contributed by atoms with van der Waals surface area (Å²) >= 11 is 0. The highest BCUT2D eigenvalue weighted by atomic mass is 16.3. The van der Waals surface area contributed by atoms with Gasteiger partial charge in [-0.15, -0.1) is 0 Å². The minimum Gasteiger partial charge on any atom is -0.389 e. The largest absolute Gasteiger partial charge is 0.389 e. The average molecular weight is 250 g/mol. The molecule has 0 spiro atoms. The number of likely N-dealkylation sites (N-methyl/N-ethyl adjacent to an activating group) is 1. The predicted octanol–water partition coefficient (Wildman–Crippen LogP) is 2.39. The molecule has 1 rings (SSSR count). The molecule has 0 amide bonds. The molecular weight excluding hydrogens is 224 g/mol. The molecule has 3 heteroatoms. The molecule has 0 bridgehead atoms. The summed E-state index contributed by atoms with van der Waals surface area (Å²) in [6, 6.07) is 8.79. The van der Waals surface area contributed by atoms with Crippen LogP contribution in [0.25, 0.3) is 0 Å². The van der Waals surface area contributed by atoms with E-state index in [1.54, 1.807) is 0 Å². The van der Waals surface area contributed by atoms with Gasteiger partial charge in [0.1, 0.15) is 0 Å². The summed E-state index contributed by atoms with van der Waals surface area (Å²) in [6.07, 6.45) is 0. The van der Waals surface area contributed by atoms with Crippen molar-refractivity contribution < 1.29 is 5.11 Å². The third-order valence-corrected chi connectivity index (χ3v) is 2.73. The van der Waals surface area contributed by atoms with Gasteiger partial charge in [0.2, 0.25) is 0 Å². The summed E-state index contributed by atoms with van der Waals surface area (Å²) in [5.74, 6) is 0. The zero-order valence-electron chi connectivity index (χ0n) is 12.2. The molecule has 0 atom stereocenters. The number of rotatable bonds is 6. The predicted molar refractivity (Wildman–Crippen MR) is 78.0 cm³/mol. The Morgan fingerprint density at radius 3 is 2.44 bits per heavy atom. The van der Waals surface area contributed by atoms with Crippen molar-refractivity contribution in [3.8, 4) is 0 Å². The van der Waals surface area contributed by atoms with E-state index in [4.69, 9.17) is 0 Å². The molecule has 0 unspecified atom stereocenters. The number of nitrogens with one attached hydrogen (secondary N) is 1. The molecule has 0 saturated heterocycles. The van der Waals surface area contributed by atoms with Gasteiger partial charge in [-0.25, -0.2) is 0 Å². The van der Waals surface area contributed by atoms with Crippen molar-refractivity contribution in [1.82, 2.24) is 5.32 Å². The Labute approximate surface area is 111 Å². The van der Waals surface area contributed by atoms with Crippen LogP contribution in [0.4, 0.5) is 5.69 Å². The summed E-state index contributed by atoms with van der Waals surface area (Å²) in [5, 5.41) is 13.3. The number of nitrogens with zero attached hydrogens (tertiary/aromatic N) is 1.